The zero-order valence-electron chi connectivity index (χ0n) is 12.5. The second kappa shape index (κ2) is 7.14. The Labute approximate surface area is 115 Å². The molecule has 1 aromatic carbocycles. The van der Waals surface area contributed by atoms with Gasteiger partial charge in [0.2, 0.25) is 5.91 Å². The average Bonchev–Trinajstić information content (AvgIpc) is 2.43. The maximum absolute atomic E-state index is 11.9. The molecule has 4 heteroatoms. The van der Waals surface area contributed by atoms with E-state index in [2.05, 4.69) is 11.4 Å². The Morgan fingerprint density at radius 1 is 1.47 bits per heavy atom. The van der Waals surface area contributed by atoms with Gasteiger partial charge in [-0.05, 0) is 38.0 Å². The molecule has 1 atom stereocenters. The van der Waals surface area contributed by atoms with Crippen LogP contribution in [0.2, 0.25) is 0 Å². The maximum Gasteiger partial charge on any atom is 0.239 e. The van der Waals surface area contributed by atoms with E-state index in [1.165, 1.54) is 0 Å². The first-order valence-corrected chi connectivity index (χ1v) is 6.61. The predicted molar refractivity (Wildman–Crippen MR) is 77.3 cm³/mol. The van der Waals surface area contributed by atoms with Gasteiger partial charge in [0.05, 0.1) is 13.2 Å². The van der Waals surface area contributed by atoms with E-state index in [4.69, 9.17) is 4.74 Å². The van der Waals surface area contributed by atoms with Crippen LogP contribution in [0, 0.1) is 6.92 Å². The highest BCUT2D eigenvalue weighted by atomic mass is 16.5. The highest BCUT2D eigenvalue weighted by Gasteiger charge is 2.15. The van der Waals surface area contributed by atoms with Crippen LogP contribution in [0.1, 0.15) is 25.0 Å². The number of nitrogens with one attached hydrogen (secondary N) is 1. The van der Waals surface area contributed by atoms with Crippen LogP contribution in [0.4, 0.5) is 0 Å². The predicted octanol–water partition coefficient (Wildman–Crippen LogP) is 1.96. The molecule has 0 fully saturated rings. The Morgan fingerprint density at radius 2 is 2.16 bits per heavy atom. The summed E-state index contributed by atoms with van der Waals surface area (Å²) in [5.41, 5.74) is 2.25. The van der Waals surface area contributed by atoms with E-state index in [-0.39, 0.29) is 11.9 Å². The van der Waals surface area contributed by atoms with Gasteiger partial charge in [-0.2, -0.15) is 0 Å². The summed E-state index contributed by atoms with van der Waals surface area (Å²) in [4.78, 5) is 13.6. The van der Waals surface area contributed by atoms with E-state index >= 15 is 0 Å². The number of carbonyl (C=O) groups excluding carboxylic acids is 1. The first-order valence-electron chi connectivity index (χ1n) is 6.61. The molecule has 0 saturated carbocycles. The van der Waals surface area contributed by atoms with Crippen molar-refractivity contribution < 1.29 is 9.53 Å². The van der Waals surface area contributed by atoms with Crippen molar-refractivity contribution >= 4 is 5.91 Å². The summed E-state index contributed by atoms with van der Waals surface area (Å²) in [6.45, 7) is 7.28. The van der Waals surface area contributed by atoms with Gasteiger partial charge >= 0.3 is 0 Å². The lowest BCUT2D eigenvalue weighted by Gasteiger charge is -2.20. The molecule has 0 saturated heterocycles. The van der Waals surface area contributed by atoms with Gasteiger partial charge in [0.25, 0.3) is 0 Å². The summed E-state index contributed by atoms with van der Waals surface area (Å²) in [5, 5.41) is 3.25. The smallest absolute Gasteiger partial charge is 0.239 e. The third-order valence-electron chi connectivity index (χ3n) is 3.29. The largest absolute Gasteiger partial charge is 0.496 e. The van der Waals surface area contributed by atoms with Gasteiger partial charge in [-0.1, -0.05) is 12.1 Å². The lowest BCUT2D eigenvalue weighted by atomic mass is 10.1. The average molecular weight is 264 g/mol. The van der Waals surface area contributed by atoms with Crippen LogP contribution in [0.25, 0.3) is 0 Å². The number of ether oxygens (including phenoxy) is 1. The molecule has 0 aliphatic rings. The van der Waals surface area contributed by atoms with E-state index < -0.39 is 0 Å². The molecule has 0 bridgehead atoms. The van der Waals surface area contributed by atoms with Crippen LogP contribution in [0.3, 0.4) is 0 Å². The van der Waals surface area contributed by atoms with Crippen molar-refractivity contribution in [1.29, 1.82) is 0 Å². The lowest BCUT2D eigenvalue weighted by molar-refractivity contribution is -0.131. The van der Waals surface area contributed by atoms with E-state index in [1.807, 2.05) is 40.0 Å². The number of hydrogen-bond donors (Lipinski definition) is 1. The topological polar surface area (TPSA) is 41.6 Å². The SMILES string of the molecule is CCN(C)C(=O)C(C)NCc1ccc(OC)c(C)c1. The first kappa shape index (κ1) is 15.5. The number of nitrogens with zero attached hydrogens (tertiary/aromatic N) is 1. The molecule has 0 heterocycles. The summed E-state index contributed by atoms with van der Waals surface area (Å²) in [6, 6.07) is 5.87. The molecule has 106 valence electrons. The van der Waals surface area contributed by atoms with E-state index in [0.29, 0.717) is 6.54 Å². The van der Waals surface area contributed by atoms with Crippen molar-refractivity contribution in [3.8, 4) is 5.75 Å². The van der Waals surface area contributed by atoms with E-state index in [1.54, 1.807) is 12.0 Å². The van der Waals surface area contributed by atoms with Crippen molar-refractivity contribution in [3.63, 3.8) is 0 Å². The fourth-order valence-electron chi connectivity index (χ4n) is 1.90. The van der Waals surface area contributed by atoms with E-state index in [0.717, 1.165) is 23.4 Å². The fraction of sp³-hybridized carbons (Fsp3) is 0.533. The Morgan fingerprint density at radius 3 is 2.68 bits per heavy atom. The normalized spacial score (nSPS) is 12.1. The second-order valence-electron chi connectivity index (χ2n) is 4.76. The standard InChI is InChI=1S/C15H24N2O2/c1-6-17(4)15(18)12(3)16-10-13-7-8-14(19-5)11(2)9-13/h7-9,12,16H,6,10H2,1-5H3. The summed E-state index contributed by atoms with van der Waals surface area (Å²) in [6.07, 6.45) is 0. The van der Waals surface area contributed by atoms with Gasteiger partial charge in [0.1, 0.15) is 5.75 Å². The molecule has 0 radical (unpaired) electrons. The van der Waals surface area contributed by atoms with Crippen LogP contribution in [0.15, 0.2) is 18.2 Å². The second-order valence-corrected chi connectivity index (χ2v) is 4.76. The number of amides is 1. The van der Waals surface area contributed by atoms with Crippen molar-refractivity contribution in [3.05, 3.63) is 29.3 Å². The number of carbonyl (C=O) groups is 1. The van der Waals surface area contributed by atoms with Crippen LogP contribution >= 0.6 is 0 Å². The Hall–Kier alpha value is -1.55. The number of aryl methyl sites for hydroxylation is 1. The molecular weight excluding hydrogens is 240 g/mol. The minimum absolute atomic E-state index is 0.118. The van der Waals surface area contributed by atoms with E-state index in [9.17, 15) is 4.79 Å². The molecule has 0 spiro atoms. The number of benzene rings is 1. The summed E-state index contributed by atoms with van der Waals surface area (Å²) >= 11 is 0. The van der Waals surface area contributed by atoms with Crippen molar-refractivity contribution in [1.82, 2.24) is 10.2 Å². The molecule has 0 aromatic heterocycles. The highest BCUT2D eigenvalue weighted by molar-refractivity contribution is 5.81. The van der Waals surface area contributed by atoms with Crippen LogP contribution in [0.5, 0.6) is 5.75 Å². The molecule has 0 aliphatic heterocycles. The Balaban J connectivity index is 2.57. The molecular formula is C15H24N2O2. The fourth-order valence-corrected chi connectivity index (χ4v) is 1.90. The monoisotopic (exact) mass is 264 g/mol. The van der Waals surface area contributed by atoms with Crippen LogP contribution in [-0.2, 0) is 11.3 Å². The summed E-state index contributed by atoms with van der Waals surface area (Å²) < 4.78 is 5.23. The van der Waals surface area contributed by atoms with Crippen molar-refractivity contribution in [2.24, 2.45) is 0 Å². The quantitative estimate of drug-likeness (QED) is 0.854. The van der Waals surface area contributed by atoms with Gasteiger partial charge < -0.3 is 15.0 Å². The zero-order valence-corrected chi connectivity index (χ0v) is 12.5. The third-order valence-corrected chi connectivity index (χ3v) is 3.29. The van der Waals surface area contributed by atoms with Gasteiger partial charge in [-0.25, -0.2) is 0 Å². The Bertz CT molecular complexity index is 432. The highest BCUT2D eigenvalue weighted by Crippen LogP contribution is 2.18. The van der Waals surface area contributed by atoms with Crippen molar-refractivity contribution in [2.45, 2.75) is 33.4 Å². The van der Waals surface area contributed by atoms with Crippen molar-refractivity contribution in [2.75, 3.05) is 20.7 Å². The third kappa shape index (κ3) is 4.24. The molecule has 1 rings (SSSR count). The molecule has 0 aliphatic carbocycles. The van der Waals surface area contributed by atoms with Crippen LogP contribution in [-0.4, -0.2) is 37.6 Å². The molecule has 1 amide bonds. The summed E-state index contributed by atoms with van der Waals surface area (Å²) in [7, 11) is 3.49. The maximum atomic E-state index is 11.9. The first-order chi connectivity index (χ1) is 8.99. The number of hydrogen-bond acceptors (Lipinski definition) is 3. The van der Waals surface area contributed by atoms with Gasteiger partial charge in [0, 0.05) is 20.1 Å². The molecule has 1 unspecified atom stereocenters. The van der Waals surface area contributed by atoms with Gasteiger partial charge in [-0.3, -0.25) is 4.79 Å². The zero-order chi connectivity index (χ0) is 14.4. The molecule has 1 N–H and O–H groups in total. The van der Waals surface area contributed by atoms with Gasteiger partial charge in [-0.15, -0.1) is 0 Å². The molecule has 4 nitrogen and oxygen atoms in total. The molecule has 19 heavy (non-hydrogen) atoms. The van der Waals surface area contributed by atoms with Crippen LogP contribution < -0.4 is 10.1 Å². The number of rotatable bonds is 6. The van der Waals surface area contributed by atoms with Gasteiger partial charge in [0.15, 0.2) is 0 Å². The minimum Gasteiger partial charge on any atom is -0.496 e. The number of methoxy groups -OCH3 is 1. The summed E-state index contributed by atoms with van der Waals surface area (Å²) in [5.74, 6) is 1.01. The molecule has 1 aromatic rings. The minimum atomic E-state index is -0.174. The number of likely N-dealkylation sites (N-methyl/N-ethyl adjacent to an activating group) is 1. The lowest BCUT2D eigenvalue weighted by Crippen LogP contribution is -2.42. The Kier molecular flexibility index (Phi) is 5.83.